The molecule has 2 heterocycles. The smallest absolute Gasteiger partial charge is 0.407 e. The molecule has 14 heteroatoms. The Morgan fingerprint density at radius 3 is 2.55 bits per heavy atom. The van der Waals surface area contributed by atoms with E-state index in [-0.39, 0.29) is 32.1 Å². The van der Waals surface area contributed by atoms with Gasteiger partial charge in [0.2, 0.25) is 0 Å². The fourth-order valence-electron chi connectivity index (χ4n) is 4.30. The van der Waals surface area contributed by atoms with Crippen molar-refractivity contribution in [3.05, 3.63) is 60.6 Å². The van der Waals surface area contributed by atoms with E-state index < -0.39 is 19.7 Å². The molecule has 0 bridgehead atoms. The number of nitrogens with zero attached hydrogens (tertiary/aromatic N) is 2. The van der Waals surface area contributed by atoms with E-state index >= 15 is 0 Å². The predicted molar refractivity (Wildman–Crippen MR) is 157 cm³/mol. The van der Waals surface area contributed by atoms with Gasteiger partial charge in [0.1, 0.15) is 18.1 Å². The minimum absolute atomic E-state index is 0.0288. The average molecular weight is 602 g/mol. The summed E-state index contributed by atoms with van der Waals surface area (Å²) in [6, 6.07) is 11.8. The first-order valence-corrected chi connectivity index (χ1v) is 15.3. The van der Waals surface area contributed by atoms with Crippen molar-refractivity contribution >= 4 is 31.1 Å². The number of carbonyl (C=O) groups is 2. The molecule has 1 atom stereocenters. The number of ether oxygens (including phenoxy) is 3. The van der Waals surface area contributed by atoms with Crippen molar-refractivity contribution < 1.29 is 37.4 Å². The van der Waals surface area contributed by atoms with Crippen LogP contribution in [-0.2, 0) is 35.9 Å². The molecule has 3 N–H and O–H groups in total. The first kappa shape index (κ1) is 31.0. The standard InChI is InChI=1S/C28H36N5O8P/c1-4-39-42(36,40-5-2)19-33-16-25(30-18-33)24-10-9-22(14-26(24)37-3)32-27(34)31-21-8-6-7-20(13-21)15-29-28(35)41-23-11-12-38-17-23/h6-10,13-14,16,18,23H,4-5,11-12,15,17,19H2,1-3H3,(H,29,35)(H2,31,32,34)/t23-/m0/s1. The molecule has 1 aliphatic rings. The number of rotatable bonds is 13. The van der Waals surface area contributed by atoms with E-state index in [0.717, 1.165) is 5.56 Å². The number of amides is 3. The number of alkyl carbamates (subject to hydrolysis) is 1. The Bertz CT molecular complexity index is 1400. The monoisotopic (exact) mass is 601 g/mol. The average Bonchev–Trinajstić information content (AvgIpc) is 3.64. The van der Waals surface area contributed by atoms with Crippen molar-refractivity contribution in [3.8, 4) is 17.0 Å². The third-order valence-corrected chi connectivity index (χ3v) is 8.12. The molecule has 3 amide bonds. The van der Waals surface area contributed by atoms with E-state index in [1.807, 2.05) is 6.07 Å². The molecule has 2 aromatic carbocycles. The molecular weight excluding hydrogens is 565 g/mol. The fraction of sp³-hybridized carbons (Fsp3) is 0.393. The summed E-state index contributed by atoms with van der Waals surface area (Å²) >= 11 is 0. The maximum absolute atomic E-state index is 12.9. The van der Waals surface area contributed by atoms with E-state index in [0.29, 0.717) is 48.0 Å². The number of nitrogens with one attached hydrogen (secondary N) is 3. The van der Waals surface area contributed by atoms with Gasteiger partial charge in [0, 0.05) is 42.2 Å². The van der Waals surface area contributed by atoms with Crippen molar-refractivity contribution in [2.24, 2.45) is 0 Å². The Hall–Kier alpha value is -3.90. The number of carbonyl (C=O) groups excluding carboxylic acids is 2. The molecule has 4 rings (SSSR count). The highest BCUT2D eigenvalue weighted by Gasteiger charge is 2.25. The van der Waals surface area contributed by atoms with E-state index in [1.54, 1.807) is 67.3 Å². The second kappa shape index (κ2) is 14.8. The second-order valence-corrected chi connectivity index (χ2v) is 11.3. The molecule has 1 aromatic heterocycles. The molecule has 3 aromatic rings. The topological polar surface area (TPSA) is 151 Å². The number of urea groups is 1. The molecule has 1 aliphatic heterocycles. The molecule has 0 saturated carbocycles. The first-order valence-electron chi connectivity index (χ1n) is 13.6. The van der Waals surface area contributed by atoms with Crippen LogP contribution in [0.25, 0.3) is 11.3 Å². The van der Waals surface area contributed by atoms with Crippen molar-refractivity contribution in [2.45, 2.75) is 39.2 Å². The second-order valence-electron chi connectivity index (χ2n) is 9.30. The molecule has 1 saturated heterocycles. The zero-order chi connectivity index (χ0) is 30.0. The van der Waals surface area contributed by atoms with Crippen LogP contribution in [0, 0.1) is 0 Å². The number of methoxy groups -OCH3 is 1. The fourth-order valence-corrected chi connectivity index (χ4v) is 5.87. The number of aromatic nitrogens is 2. The van der Waals surface area contributed by atoms with Gasteiger partial charge in [-0.3, -0.25) is 4.57 Å². The predicted octanol–water partition coefficient (Wildman–Crippen LogP) is 5.44. The summed E-state index contributed by atoms with van der Waals surface area (Å²) in [7, 11) is -1.78. The molecule has 0 spiro atoms. The molecule has 0 aliphatic carbocycles. The van der Waals surface area contributed by atoms with Gasteiger partial charge >= 0.3 is 19.7 Å². The maximum atomic E-state index is 12.9. The van der Waals surface area contributed by atoms with Crippen LogP contribution < -0.4 is 20.7 Å². The van der Waals surface area contributed by atoms with E-state index in [4.69, 9.17) is 23.3 Å². The molecule has 226 valence electrons. The van der Waals surface area contributed by atoms with Gasteiger partial charge < -0.3 is 43.8 Å². The Morgan fingerprint density at radius 2 is 1.86 bits per heavy atom. The van der Waals surface area contributed by atoms with Gasteiger partial charge in [0.05, 0.1) is 45.6 Å². The number of imidazole rings is 1. The lowest BCUT2D eigenvalue weighted by molar-refractivity contribution is 0.0828. The van der Waals surface area contributed by atoms with Crippen molar-refractivity contribution in [2.75, 3.05) is 44.2 Å². The summed E-state index contributed by atoms with van der Waals surface area (Å²) in [4.78, 5) is 29.1. The Labute approximate surface area is 244 Å². The Morgan fingerprint density at radius 1 is 1.10 bits per heavy atom. The zero-order valence-corrected chi connectivity index (χ0v) is 24.7. The Kier molecular flexibility index (Phi) is 11.0. The molecule has 1 fully saturated rings. The highest BCUT2D eigenvalue weighted by Crippen LogP contribution is 2.49. The first-order chi connectivity index (χ1) is 20.3. The minimum atomic E-state index is -3.30. The summed E-state index contributed by atoms with van der Waals surface area (Å²) < 4.78 is 41.3. The highest BCUT2D eigenvalue weighted by atomic mass is 31.2. The SMILES string of the molecule is CCOP(=O)(Cn1cnc(-c2ccc(NC(=O)Nc3cccc(CNC(=O)O[C@H]4CCOC4)c3)cc2OC)c1)OCC. The number of anilines is 2. The van der Waals surface area contributed by atoms with Gasteiger partial charge in [-0.15, -0.1) is 0 Å². The van der Waals surface area contributed by atoms with E-state index in [2.05, 4.69) is 20.9 Å². The van der Waals surface area contributed by atoms with Crippen molar-refractivity contribution in [3.63, 3.8) is 0 Å². The van der Waals surface area contributed by atoms with Crippen LogP contribution in [0.2, 0.25) is 0 Å². The van der Waals surface area contributed by atoms with Crippen LogP contribution in [-0.4, -0.2) is 61.3 Å². The quantitative estimate of drug-likeness (QED) is 0.218. The normalized spacial score (nSPS) is 14.8. The lowest BCUT2D eigenvalue weighted by Gasteiger charge is -2.17. The summed E-state index contributed by atoms with van der Waals surface area (Å²) in [5, 5.41) is 8.29. The van der Waals surface area contributed by atoms with Gasteiger partial charge in [0.25, 0.3) is 0 Å². The van der Waals surface area contributed by atoms with E-state index in [1.165, 1.54) is 7.11 Å². The van der Waals surface area contributed by atoms with Crippen LogP contribution in [0.1, 0.15) is 25.8 Å². The molecular formula is C28H36N5O8P. The summed E-state index contributed by atoms with van der Waals surface area (Å²) in [5.41, 5.74) is 3.12. The summed E-state index contributed by atoms with van der Waals surface area (Å²) in [6.07, 6.45) is 3.26. The van der Waals surface area contributed by atoms with Crippen molar-refractivity contribution in [1.82, 2.24) is 14.9 Å². The lowest BCUT2D eigenvalue weighted by atomic mass is 10.1. The number of benzene rings is 2. The minimum Gasteiger partial charge on any atom is -0.496 e. The molecule has 0 radical (unpaired) electrons. The van der Waals surface area contributed by atoms with Gasteiger partial charge in [-0.2, -0.15) is 0 Å². The molecule has 0 unspecified atom stereocenters. The highest BCUT2D eigenvalue weighted by molar-refractivity contribution is 7.52. The van der Waals surface area contributed by atoms with Gasteiger partial charge in [-0.1, -0.05) is 12.1 Å². The van der Waals surface area contributed by atoms with Crippen LogP contribution in [0.5, 0.6) is 5.75 Å². The van der Waals surface area contributed by atoms with Crippen LogP contribution in [0.4, 0.5) is 21.0 Å². The summed E-state index contributed by atoms with van der Waals surface area (Å²) in [6.45, 7) is 5.30. The number of hydrogen-bond donors (Lipinski definition) is 3. The van der Waals surface area contributed by atoms with E-state index in [9.17, 15) is 14.2 Å². The third kappa shape index (κ3) is 8.80. The van der Waals surface area contributed by atoms with Crippen LogP contribution in [0.3, 0.4) is 0 Å². The lowest BCUT2D eigenvalue weighted by Crippen LogP contribution is -2.28. The maximum Gasteiger partial charge on any atom is 0.407 e. The zero-order valence-electron chi connectivity index (χ0n) is 23.8. The molecule has 42 heavy (non-hydrogen) atoms. The largest absolute Gasteiger partial charge is 0.496 e. The van der Waals surface area contributed by atoms with Crippen molar-refractivity contribution in [1.29, 1.82) is 0 Å². The third-order valence-electron chi connectivity index (χ3n) is 6.14. The van der Waals surface area contributed by atoms with Crippen LogP contribution in [0.15, 0.2) is 55.0 Å². The van der Waals surface area contributed by atoms with Crippen LogP contribution >= 0.6 is 7.60 Å². The molecule has 13 nitrogen and oxygen atoms in total. The number of hydrogen-bond acceptors (Lipinski definition) is 9. The van der Waals surface area contributed by atoms with Gasteiger partial charge in [-0.05, 0) is 43.7 Å². The Balaban J connectivity index is 1.34. The van der Waals surface area contributed by atoms with Gasteiger partial charge in [-0.25, -0.2) is 14.6 Å². The van der Waals surface area contributed by atoms with Gasteiger partial charge in [0.15, 0.2) is 0 Å². The summed E-state index contributed by atoms with van der Waals surface area (Å²) in [5.74, 6) is 0.486.